The molecule has 0 radical (unpaired) electrons. The van der Waals surface area contributed by atoms with Crippen LogP contribution in [0.4, 0.5) is 13.2 Å². The summed E-state index contributed by atoms with van der Waals surface area (Å²) >= 11 is 0. The lowest BCUT2D eigenvalue weighted by atomic mass is 10.1. The molecule has 0 aliphatic carbocycles. The minimum atomic E-state index is -4.92. The number of alkyl halides is 3. The van der Waals surface area contributed by atoms with E-state index < -0.39 is 44.3 Å². The molecule has 0 fully saturated rings. The van der Waals surface area contributed by atoms with Gasteiger partial charge in [-0.25, -0.2) is 0 Å². The summed E-state index contributed by atoms with van der Waals surface area (Å²) in [6, 6.07) is 7.07. The van der Waals surface area contributed by atoms with Crippen molar-refractivity contribution in [2.24, 2.45) is 0 Å². The van der Waals surface area contributed by atoms with Crippen molar-refractivity contribution < 1.29 is 35.4 Å². The van der Waals surface area contributed by atoms with Crippen LogP contribution >= 0.6 is 0 Å². The van der Waals surface area contributed by atoms with Crippen LogP contribution in [0.1, 0.15) is 26.3 Å². The van der Waals surface area contributed by atoms with Gasteiger partial charge in [0.05, 0.1) is 16.7 Å². The number of hydrogen-bond acceptors (Lipinski definition) is 5. The molecule has 2 aromatic carbocycles. The smallest absolute Gasteiger partial charge is 0.378 e. The Morgan fingerprint density at radius 2 is 1.60 bits per heavy atom. The molecule has 0 saturated carbocycles. The van der Waals surface area contributed by atoms with Crippen molar-refractivity contribution in [3.05, 3.63) is 59.2 Å². The lowest BCUT2D eigenvalue weighted by Gasteiger charge is -2.14. The number of rotatable bonds is 3. The molecule has 25 heavy (non-hydrogen) atoms. The first kappa shape index (κ1) is 17.0. The van der Waals surface area contributed by atoms with Crippen LogP contribution in [0.15, 0.2) is 47.4 Å². The third-order valence-corrected chi connectivity index (χ3v) is 4.68. The van der Waals surface area contributed by atoms with Gasteiger partial charge in [0.2, 0.25) is 0 Å². The van der Waals surface area contributed by atoms with Gasteiger partial charge < -0.3 is 4.18 Å². The molecular weight excluding hydrogens is 363 g/mol. The molecule has 130 valence electrons. The highest BCUT2D eigenvalue weighted by molar-refractivity contribution is 7.87. The standard InChI is InChI=1S/C15H8F3NO5S/c16-15(17,18)9-5-1-2-7-11(9)25(22,23)24-10-6-3-4-8-12(10)14(21)19-13(8)20/h1-7H,(H,19,20,21). The predicted octanol–water partition coefficient (Wildman–Crippen LogP) is 2.36. The molecule has 0 spiro atoms. The third kappa shape index (κ3) is 2.95. The Morgan fingerprint density at radius 3 is 2.28 bits per heavy atom. The summed E-state index contributed by atoms with van der Waals surface area (Å²) in [6.45, 7) is 0. The molecule has 10 heteroatoms. The summed E-state index contributed by atoms with van der Waals surface area (Å²) in [7, 11) is -4.90. The van der Waals surface area contributed by atoms with Gasteiger partial charge in [-0.3, -0.25) is 14.9 Å². The Morgan fingerprint density at radius 1 is 0.920 bits per heavy atom. The van der Waals surface area contributed by atoms with E-state index in [1.165, 1.54) is 12.1 Å². The van der Waals surface area contributed by atoms with Crippen molar-refractivity contribution in [1.82, 2.24) is 5.32 Å². The quantitative estimate of drug-likeness (QED) is 0.661. The molecule has 3 rings (SSSR count). The summed E-state index contributed by atoms with van der Waals surface area (Å²) in [4.78, 5) is 22.2. The van der Waals surface area contributed by atoms with Crippen LogP contribution in [0.25, 0.3) is 0 Å². The lowest BCUT2D eigenvalue weighted by Crippen LogP contribution is -2.21. The van der Waals surface area contributed by atoms with Gasteiger partial charge in [-0.2, -0.15) is 21.6 Å². The van der Waals surface area contributed by atoms with Crippen LogP contribution in [0.2, 0.25) is 0 Å². The minimum absolute atomic E-state index is 0.123. The summed E-state index contributed by atoms with van der Waals surface area (Å²) in [5.41, 5.74) is -1.87. The number of carbonyl (C=O) groups is 2. The molecular formula is C15H8F3NO5S. The second kappa shape index (κ2) is 5.59. The van der Waals surface area contributed by atoms with Crippen molar-refractivity contribution in [3.8, 4) is 5.75 Å². The summed E-state index contributed by atoms with van der Waals surface area (Å²) in [5.74, 6) is -2.17. The third-order valence-electron chi connectivity index (χ3n) is 3.39. The zero-order valence-electron chi connectivity index (χ0n) is 12.1. The van der Waals surface area contributed by atoms with E-state index in [2.05, 4.69) is 0 Å². The number of amides is 2. The van der Waals surface area contributed by atoms with Gasteiger partial charge in [0.1, 0.15) is 4.90 Å². The molecule has 6 nitrogen and oxygen atoms in total. The van der Waals surface area contributed by atoms with E-state index in [1.807, 2.05) is 5.32 Å². The minimum Gasteiger partial charge on any atom is -0.378 e. The zero-order chi connectivity index (χ0) is 18.4. The zero-order valence-corrected chi connectivity index (χ0v) is 12.9. The van der Waals surface area contributed by atoms with E-state index in [0.29, 0.717) is 6.07 Å². The van der Waals surface area contributed by atoms with Crippen molar-refractivity contribution >= 4 is 21.9 Å². The lowest BCUT2D eigenvalue weighted by molar-refractivity contribution is -0.139. The molecule has 0 unspecified atom stereocenters. The van der Waals surface area contributed by atoms with Gasteiger partial charge >= 0.3 is 16.3 Å². The highest BCUT2D eigenvalue weighted by Gasteiger charge is 2.39. The van der Waals surface area contributed by atoms with Gasteiger partial charge in [-0.15, -0.1) is 0 Å². The van der Waals surface area contributed by atoms with Crippen LogP contribution in [0.5, 0.6) is 5.75 Å². The SMILES string of the molecule is O=C1NC(=O)c2c(OS(=O)(=O)c3ccccc3C(F)(F)F)cccc21. The summed E-state index contributed by atoms with van der Waals surface area (Å²) in [6.07, 6.45) is -4.92. The fraction of sp³-hybridized carbons (Fsp3) is 0.0667. The maximum Gasteiger partial charge on any atom is 0.417 e. The molecule has 1 aliphatic rings. The van der Waals surface area contributed by atoms with Crippen molar-refractivity contribution in [2.75, 3.05) is 0 Å². The second-order valence-corrected chi connectivity index (χ2v) is 6.51. The summed E-state index contributed by atoms with van der Waals surface area (Å²) < 4.78 is 68.4. The Balaban J connectivity index is 2.09. The number of benzene rings is 2. The normalized spacial score (nSPS) is 14.2. The Labute approximate surface area is 139 Å². The van der Waals surface area contributed by atoms with E-state index >= 15 is 0 Å². The van der Waals surface area contributed by atoms with Crippen molar-refractivity contribution in [2.45, 2.75) is 11.1 Å². The monoisotopic (exact) mass is 371 g/mol. The molecule has 0 bridgehead atoms. The average Bonchev–Trinajstić information content (AvgIpc) is 2.82. The van der Waals surface area contributed by atoms with Crippen LogP contribution in [0, 0.1) is 0 Å². The molecule has 0 atom stereocenters. The highest BCUT2D eigenvalue weighted by atomic mass is 32.2. The van der Waals surface area contributed by atoms with Crippen LogP contribution in [-0.2, 0) is 16.3 Å². The molecule has 2 amide bonds. The van der Waals surface area contributed by atoms with E-state index in [-0.39, 0.29) is 11.1 Å². The fourth-order valence-electron chi connectivity index (χ4n) is 2.34. The first-order valence-electron chi connectivity index (χ1n) is 6.70. The fourth-order valence-corrected chi connectivity index (χ4v) is 3.50. The number of halogens is 3. The first-order chi connectivity index (χ1) is 11.6. The van der Waals surface area contributed by atoms with Gasteiger partial charge in [0.25, 0.3) is 11.8 Å². The molecule has 1 heterocycles. The number of carbonyl (C=O) groups excluding carboxylic acids is 2. The number of imide groups is 1. The van der Waals surface area contributed by atoms with Gasteiger partial charge in [-0.1, -0.05) is 18.2 Å². The number of fused-ring (bicyclic) bond motifs is 1. The van der Waals surface area contributed by atoms with E-state index in [1.54, 1.807) is 0 Å². The van der Waals surface area contributed by atoms with Crippen molar-refractivity contribution in [3.63, 3.8) is 0 Å². The maximum atomic E-state index is 13.0. The van der Waals surface area contributed by atoms with Gasteiger partial charge in [0.15, 0.2) is 5.75 Å². The average molecular weight is 371 g/mol. The molecule has 1 N–H and O–H groups in total. The predicted molar refractivity (Wildman–Crippen MR) is 77.5 cm³/mol. The first-order valence-corrected chi connectivity index (χ1v) is 8.11. The topological polar surface area (TPSA) is 89.5 Å². The van der Waals surface area contributed by atoms with E-state index in [4.69, 9.17) is 4.18 Å². The second-order valence-electron chi connectivity index (χ2n) is 4.99. The Bertz CT molecular complexity index is 998. The Kier molecular flexibility index (Phi) is 3.79. The van der Waals surface area contributed by atoms with Gasteiger partial charge in [0, 0.05) is 0 Å². The van der Waals surface area contributed by atoms with E-state index in [9.17, 15) is 31.2 Å². The number of hydrogen-bond donors (Lipinski definition) is 1. The van der Waals surface area contributed by atoms with Crippen LogP contribution in [0.3, 0.4) is 0 Å². The number of nitrogens with one attached hydrogen (secondary N) is 1. The molecule has 0 aromatic heterocycles. The van der Waals surface area contributed by atoms with Crippen molar-refractivity contribution in [1.29, 1.82) is 0 Å². The van der Waals surface area contributed by atoms with Crippen LogP contribution in [-0.4, -0.2) is 20.2 Å². The summed E-state index contributed by atoms with van der Waals surface area (Å²) in [5, 5.41) is 1.95. The molecule has 0 saturated heterocycles. The van der Waals surface area contributed by atoms with Gasteiger partial charge in [-0.05, 0) is 24.3 Å². The molecule has 1 aliphatic heterocycles. The van der Waals surface area contributed by atoms with E-state index in [0.717, 1.165) is 24.3 Å². The molecule has 2 aromatic rings. The Hall–Kier alpha value is -2.88. The largest absolute Gasteiger partial charge is 0.417 e. The maximum absolute atomic E-state index is 13.0. The highest BCUT2D eigenvalue weighted by Crippen LogP contribution is 2.36. The van der Waals surface area contributed by atoms with Crippen LogP contribution < -0.4 is 9.50 Å².